The molecule has 5 rings (SSSR count). The lowest BCUT2D eigenvalue weighted by molar-refractivity contribution is 0.103. The first-order chi connectivity index (χ1) is 13.3. The van der Waals surface area contributed by atoms with Crippen LogP contribution >= 0.6 is 0 Å². The Bertz CT molecular complexity index is 782. The third-order valence-corrected chi connectivity index (χ3v) is 6.61. The number of rotatable bonds is 3. The molecule has 1 aliphatic heterocycles. The maximum atomic E-state index is 12.6. The topological polar surface area (TPSA) is 50.4 Å². The van der Waals surface area contributed by atoms with E-state index in [1.165, 1.54) is 41.5 Å². The molecule has 1 amide bonds. The molecule has 3 aliphatic rings. The Morgan fingerprint density at radius 1 is 0.963 bits per heavy atom. The quantitative estimate of drug-likeness (QED) is 0.870. The highest BCUT2D eigenvalue weighted by atomic mass is 16.5. The Labute approximate surface area is 160 Å². The number of carbonyl (C=O) groups excluding carboxylic acids is 1. The minimum absolute atomic E-state index is 0.121. The van der Waals surface area contributed by atoms with Crippen molar-refractivity contribution in [1.82, 2.24) is 10.6 Å². The summed E-state index contributed by atoms with van der Waals surface area (Å²) in [5.41, 5.74) is 5.03. The summed E-state index contributed by atoms with van der Waals surface area (Å²) in [6.07, 6.45) is 3.40. The van der Waals surface area contributed by atoms with Crippen molar-refractivity contribution in [2.45, 2.75) is 31.2 Å². The number of hydrogen-bond donors (Lipinski definition) is 2. The van der Waals surface area contributed by atoms with Crippen molar-refractivity contribution in [2.24, 2.45) is 11.8 Å². The lowest BCUT2D eigenvalue weighted by Crippen LogP contribution is -2.57. The third kappa shape index (κ3) is 3.02. The second kappa shape index (κ2) is 7.01. The van der Waals surface area contributed by atoms with Gasteiger partial charge in [-0.2, -0.15) is 0 Å². The first-order valence-corrected chi connectivity index (χ1v) is 10.1. The fourth-order valence-corrected chi connectivity index (χ4v) is 5.31. The Kier molecular flexibility index (Phi) is 4.36. The van der Waals surface area contributed by atoms with Crippen LogP contribution in [0.15, 0.2) is 48.5 Å². The standard InChI is InChI=1S/C23H26N2O2/c26-23(25-22-15-6-5-7-16(22)13-24-12-15)27-14-21-19-10-3-1-8-17(19)18-9-2-4-11-20(18)21/h1-4,8-11,15-16,21-22,24H,5-7,12-14H2,(H,25,26). The van der Waals surface area contributed by atoms with E-state index in [4.69, 9.17) is 4.74 Å². The van der Waals surface area contributed by atoms with Crippen LogP contribution < -0.4 is 10.6 Å². The minimum atomic E-state index is -0.263. The minimum Gasteiger partial charge on any atom is -0.449 e. The van der Waals surface area contributed by atoms with Gasteiger partial charge >= 0.3 is 6.09 Å². The second-order valence-electron chi connectivity index (χ2n) is 8.10. The Hall–Kier alpha value is -2.33. The van der Waals surface area contributed by atoms with Crippen molar-refractivity contribution in [2.75, 3.05) is 19.7 Å². The van der Waals surface area contributed by atoms with Gasteiger partial charge in [0.15, 0.2) is 0 Å². The van der Waals surface area contributed by atoms with Gasteiger partial charge in [-0.3, -0.25) is 0 Å². The molecule has 27 heavy (non-hydrogen) atoms. The van der Waals surface area contributed by atoms with Gasteiger partial charge in [-0.15, -0.1) is 0 Å². The SMILES string of the molecule is O=C(NC1C2CCCC1CNC2)OCC1c2ccccc2-c2ccccc21. The molecule has 2 aromatic carbocycles. The van der Waals surface area contributed by atoms with E-state index in [2.05, 4.69) is 59.2 Å². The van der Waals surface area contributed by atoms with Crippen molar-refractivity contribution in [3.8, 4) is 11.1 Å². The van der Waals surface area contributed by atoms with Crippen molar-refractivity contribution >= 4 is 6.09 Å². The number of nitrogens with one attached hydrogen (secondary N) is 2. The van der Waals surface area contributed by atoms with Crippen molar-refractivity contribution in [1.29, 1.82) is 0 Å². The van der Waals surface area contributed by atoms with Crippen LogP contribution in [0.4, 0.5) is 4.79 Å². The van der Waals surface area contributed by atoms with Crippen LogP contribution in [0.5, 0.6) is 0 Å². The molecule has 2 aliphatic carbocycles. The molecule has 1 saturated carbocycles. The largest absolute Gasteiger partial charge is 0.449 e. The first-order valence-electron chi connectivity index (χ1n) is 10.1. The van der Waals surface area contributed by atoms with Gasteiger partial charge in [0.25, 0.3) is 0 Å². The van der Waals surface area contributed by atoms with Crippen molar-refractivity contribution in [3.05, 3.63) is 59.7 Å². The molecule has 1 saturated heterocycles. The Morgan fingerprint density at radius 3 is 2.19 bits per heavy atom. The van der Waals surface area contributed by atoms with Gasteiger partial charge in [0.1, 0.15) is 6.61 Å². The fourth-order valence-electron chi connectivity index (χ4n) is 5.31. The van der Waals surface area contributed by atoms with Crippen LogP contribution in [-0.4, -0.2) is 31.8 Å². The zero-order chi connectivity index (χ0) is 18.2. The summed E-state index contributed by atoms with van der Waals surface area (Å²) >= 11 is 0. The average Bonchev–Trinajstić information content (AvgIpc) is 3.00. The van der Waals surface area contributed by atoms with E-state index in [0.717, 1.165) is 13.1 Å². The fraction of sp³-hybridized carbons (Fsp3) is 0.435. The summed E-state index contributed by atoms with van der Waals surface area (Å²) < 4.78 is 5.74. The van der Waals surface area contributed by atoms with Crippen LogP contribution in [0.3, 0.4) is 0 Å². The molecule has 2 atom stereocenters. The molecule has 2 aromatic rings. The van der Waals surface area contributed by atoms with E-state index in [0.29, 0.717) is 18.4 Å². The first kappa shape index (κ1) is 16.8. The molecule has 0 spiro atoms. The number of piperidine rings is 1. The number of benzene rings is 2. The molecule has 0 aromatic heterocycles. The summed E-state index contributed by atoms with van der Waals surface area (Å²) in [4.78, 5) is 12.6. The van der Waals surface area contributed by atoms with E-state index in [-0.39, 0.29) is 18.1 Å². The van der Waals surface area contributed by atoms with E-state index in [1.54, 1.807) is 0 Å². The monoisotopic (exact) mass is 362 g/mol. The number of carbonyl (C=O) groups is 1. The second-order valence-corrected chi connectivity index (χ2v) is 8.10. The summed E-state index contributed by atoms with van der Waals surface area (Å²) in [5.74, 6) is 1.20. The molecule has 2 fully saturated rings. The van der Waals surface area contributed by atoms with Gasteiger partial charge in [0.05, 0.1) is 0 Å². The third-order valence-electron chi connectivity index (χ3n) is 6.61. The number of alkyl carbamates (subject to hydrolysis) is 1. The number of fused-ring (bicyclic) bond motifs is 5. The van der Waals surface area contributed by atoms with Gasteiger partial charge < -0.3 is 15.4 Å². The lowest BCUT2D eigenvalue weighted by atomic mass is 9.74. The summed E-state index contributed by atoms with van der Waals surface area (Å²) in [5, 5.41) is 6.69. The molecule has 2 bridgehead atoms. The van der Waals surface area contributed by atoms with Crippen LogP contribution in [0.25, 0.3) is 11.1 Å². The molecule has 4 nitrogen and oxygen atoms in total. The molecule has 140 valence electrons. The van der Waals surface area contributed by atoms with Gasteiger partial charge in [-0.25, -0.2) is 4.79 Å². The smallest absolute Gasteiger partial charge is 0.407 e. The Morgan fingerprint density at radius 2 is 1.56 bits per heavy atom. The molecule has 0 radical (unpaired) electrons. The molecule has 1 heterocycles. The van der Waals surface area contributed by atoms with Crippen molar-refractivity contribution in [3.63, 3.8) is 0 Å². The van der Waals surface area contributed by atoms with Crippen molar-refractivity contribution < 1.29 is 9.53 Å². The van der Waals surface area contributed by atoms with Crippen LogP contribution in [0, 0.1) is 11.8 Å². The normalized spacial score (nSPS) is 26.1. The molecule has 2 N–H and O–H groups in total. The molecule has 2 unspecified atom stereocenters. The lowest BCUT2D eigenvalue weighted by Gasteiger charge is -2.42. The summed E-state index contributed by atoms with van der Waals surface area (Å²) in [6.45, 7) is 2.40. The maximum absolute atomic E-state index is 12.6. The molecular formula is C23H26N2O2. The zero-order valence-electron chi connectivity index (χ0n) is 15.5. The molecule has 4 heteroatoms. The van der Waals surface area contributed by atoms with Gasteiger partial charge in [-0.1, -0.05) is 55.0 Å². The summed E-state index contributed by atoms with van der Waals surface area (Å²) in [6, 6.07) is 17.1. The molecular weight excluding hydrogens is 336 g/mol. The predicted octanol–water partition coefficient (Wildman–Crippen LogP) is 3.91. The summed E-state index contributed by atoms with van der Waals surface area (Å²) in [7, 11) is 0. The predicted molar refractivity (Wildman–Crippen MR) is 106 cm³/mol. The van der Waals surface area contributed by atoms with Gasteiger partial charge in [-0.05, 0) is 60.0 Å². The van der Waals surface area contributed by atoms with Gasteiger partial charge in [0.2, 0.25) is 0 Å². The Balaban J connectivity index is 1.28. The van der Waals surface area contributed by atoms with E-state index < -0.39 is 0 Å². The van der Waals surface area contributed by atoms with E-state index >= 15 is 0 Å². The van der Waals surface area contributed by atoms with Crippen LogP contribution in [0.1, 0.15) is 36.3 Å². The average molecular weight is 362 g/mol. The highest BCUT2D eigenvalue weighted by molar-refractivity contribution is 5.79. The number of ether oxygens (including phenoxy) is 1. The number of hydrogen-bond acceptors (Lipinski definition) is 3. The zero-order valence-corrected chi connectivity index (χ0v) is 15.5. The van der Waals surface area contributed by atoms with Gasteiger partial charge in [0, 0.05) is 12.0 Å². The highest BCUT2D eigenvalue weighted by Gasteiger charge is 2.37. The van der Waals surface area contributed by atoms with E-state index in [1.807, 2.05) is 0 Å². The maximum Gasteiger partial charge on any atom is 0.407 e. The highest BCUT2D eigenvalue weighted by Crippen LogP contribution is 2.44. The van der Waals surface area contributed by atoms with E-state index in [9.17, 15) is 4.79 Å². The number of amides is 1. The van der Waals surface area contributed by atoms with Crippen LogP contribution in [-0.2, 0) is 4.74 Å². The van der Waals surface area contributed by atoms with Crippen LogP contribution in [0.2, 0.25) is 0 Å².